The quantitative estimate of drug-likeness (QED) is 0.490. The summed E-state index contributed by atoms with van der Waals surface area (Å²) >= 11 is 8.77. The van der Waals surface area contributed by atoms with E-state index < -0.39 is 0 Å². The Labute approximate surface area is 68.0 Å². The first-order chi connectivity index (χ1) is 4.75. The lowest BCUT2D eigenvalue weighted by Gasteiger charge is -1.98. The molecular formula is C4H5N3OS2. The van der Waals surface area contributed by atoms with E-state index >= 15 is 0 Å². The Hall–Kier alpha value is -0.620. The Morgan fingerprint density at radius 1 is 1.70 bits per heavy atom. The zero-order valence-electron chi connectivity index (χ0n) is 5.16. The summed E-state index contributed by atoms with van der Waals surface area (Å²) in [4.78, 5) is 0. The Morgan fingerprint density at radius 2 is 2.40 bits per heavy atom. The smallest absolute Gasteiger partial charge is 0.189 e. The first-order valence-corrected chi connectivity index (χ1v) is 3.29. The van der Waals surface area contributed by atoms with Crippen LogP contribution in [-0.2, 0) is 0 Å². The van der Waals surface area contributed by atoms with Crippen molar-refractivity contribution in [1.82, 2.24) is 15.4 Å². The third-order valence-electron chi connectivity index (χ3n) is 0.910. The van der Waals surface area contributed by atoms with E-state index in [1.54, 1.807) is 0 Å². The van der Waals surface area contributed by atoms with Crippen molar-refractivity contribution < 1.29 is 4.74 Å². The van der Waals surface area contributed by atoms with Gasteiger partial charge in [-0.05, 0) is 0 Å². The molecule has 0 saturated carbocycles. The Kier molecular flexibility index (Phi) is 2.23. The monoisotopic (exact) mass is 175 g/mol. The third-order valence-corrected chi connectivity index (χ3v) is 1.48. The molecule has 0 saturated heterocycles. The van der Waals surface area contributed by atoms with Gasteiger partial charge < -0.3 is 4.74 Å². The third kappa shape index (κ3) is 1.27. The van der Waals surface area contributed by atoms with E-state index in [1.165, 1.54) is 7.11 Å². The summed E-state index contributed by atoms with van der Waals surface area (Å²) in [5.74, 6) is 0.452. The molecule has 10 heavy (non-hydrogen) atoms. The molecule has 0 aliphatic rings. The van der Waals surface area contributed by atoms with Crippen LogP contribution in [0.1, 0.15) is 0 Å². The van der Waals surface area contributed by atoms with Crippen molar-refractivity contribution in [3.05, 3.63) is 4.64 Å². The zero-order valence-corrected chi connectivity index (χ0v) is 6.87. The number of rotatable bonds is 1. The van der Waals surface area contributed by atoms with Crippen molar-refractivity contribution in [2.75, 3.05) is 7.11 Å². The normalized spacial score (nSPS) is 9.40. The maximum atomic E-state index is 4.86. The highest BCUT2D eigenvalue weighted by Crippen LogP contribution is 2.17. The van der Waals surface area contributed by atoms with Crippen molar-refractivity contribution in [2.24, 2.45) is 0 Å². The molecule has 0 atom stereocenters. The number of methoxy groups -OCH3 is 1. The molecule has 1 rings (SSSR count). The number of thiol groups is 1. The number of aromatic nitrogens is 3. The van der Waals surface area contributed by atoms with Crippen molar-refractivity contribution in [1.29, 1.82) is 0 Å². The molecule has 0 amide bonds. The van der Waals surface area contributed by atoms with E-state index in [0.29, 0.717) is 15.4 Å². The average Bonchev–Trinajstić information content (AvgIpc) is 1.88. The van der Waals surface area contributed by atoms with E-state index in [2.05, 4.69) is 28.0 Å². The van der Waals surface area contributed by atoms with Crippen molar-refractivity contribution >= 4 is 24.8 Å². The molecule has 0 radical (unpaired) electrons. The molecule has 6 heteroatoms. The number of nitrogens with one attached hydrogen (secondary N) is 1. The van der Waals surface area contributed by atoms with Crippen LogP contribution >= 0.6 is 24.8 Å². The fourth-order valence-electron chi connectivity index (χ4n) is 0.499. The zero-order chi connectivity index (χ0) is 7.56. The molecule has 4 nitrogen and oxygen atoms in total. The van der Waals surface area contributed by atoms with Crippen LogP contribution in [0.3, 0.4) is 0 Å². The molecule has 54 valence electrons. The Bertz CT molecular complexity index is 284. The largest absolute Gasteiger partial charge is 0.491 e. The minimum Gasteiger partial charge on any atom is -0.491 e. The number of nitrogens with zero attached hydrogens (tertiary/aromatic N) is 2. The Morgan fingerprint density at radius 3 is 2.80 bits per heavy atom. The average molecular weight is 175 g/mol. The summed E-state index contributed by atoms with van der Waals surface area (Å²) in [5.41, 5.74) is 0. The minimum absolute atomic E-state index is 0.395. The lowest BCUT2D eigenvalue weighted by atomic mass is 10.6. The van der Waals surface area contributed by atoms with E-state index in [1.807, 2.05) is 0 Å². The highest BCUT2D eigenvalue weighted by Gasteiger charge is 2.00. The maximum Gasteiger partial charge on any atom is 0.189 e. The number of hydrogen-bond acceptors (Lipinski definition) is 5. The minimum atomic E-state index is 0.395. The van der Waals surface area contributed by atoms with Crippen LogP contribution in [0.15, 0.2) is 5.03 Å². The lowest BCUT2D eigenvalue weighted by Crippen LogP contribution is -1.94. The molecule has 0 aliphatic carbocycles. The van der Waals surface area contributed by atoms with E-state index in [9.17, 15) is 0 Å². The lowest BCUT2D eigenvalue weighted by molar-refractivity contribution is 0.391. The molecule has 0 aliphatic heterocycles. The van der Waals surface area contributed by atoms with Crippen LogP contribution in [0.25, 0.3) is 0 Å². The standard InChI is InChI=1S/C4H5N3OS2/c1-8-2-3(9)5-7-6-4(2)10/h1H3,(H2,5,6,9,10). The summed E-state index contributed by atoms with van der Waals surface area (Å²) in [6.07, 6.45) is 0. The van der Waals surface area contributed by atoms with Crippen LogP contribution in [0.4, 0.5) is 0 Å². The number of ether oxygens (including phenoxy) is 1. The van der Waals surface area contributed by atoms with Gasteiger partial charge in [-0.1, -0.05) is 17.4 Å². The van der Waals surface area contributed by atoms with Crippen LogP contribution in [-0.4, -0.2) is 22.5 Å². The van der Waals surface area contributed by atoms with Crippen molar-refractivity contribution in [3.63, 3.8) is 0 Å². The molecular weight excluding hydrogens is 170 g/mol. The van der Waals surface area contributed by atoms with Crippen LogP contribution < -0.4 is 4.74 Å². The SMILES string of the molecule is COc1c(S)nn[nH]c1=S. The molecule has 1 N–H and O–H groups in total. The first kappa shape index (κ1) is 7.49. The van der Waals surface area contributed by atoms with Gasteiger partial charge in [-0.15, -0.1) is 17.7 Å². The van der Waals surface area contributed by atoms with Gasteiger partial charge in [-0.3, -0.25) is 0 Å². The van der Waals surface area contributed by atoms with Gasteiger partial charge in [0.05, 0.1) is 7.11 Å². The predicted octanol–water partition coefficient (Wildman–Crippen LogP) is 0.831. The van der Waals surface area contributed by atoms with E-state index in [-0.39, 0.29) is 0 Å². The topological polar surface area (TPSA) is 50.8 Å². The molecule has 1 heterocycles. The summed E-state index contributed by atoms with van der Waals surface area (Å²) in [6.45, 7) is 0. The molecule has 0 aromatic carbocycles. The highest BCUT2D eigenvalue weighted by molar-refractivity contribution is 7.80. The fraction of sp³-hybridized carbons (Fsp3) is 0.250. The number of hydrogen-bond donors (Lipinski definition) is 2. The molecule has 1 aromatic rings. The molecule has 0 bridgehead atoms. The molecule has 0 unspecified atom stereocenters. The number of aromatic amines is 1. The second-order valence-electron chi connectivity index (χ2n) is 1.50. The van der Waals surface area contributed by atoms with Gasteiger partial charge in [0.2, 0.25) is 0 Å². The van der Waals surface area contributed by atoms with Gasteiger partial charge in [-0.25, -0.2) is 5.10 Å². The maximum absolute atomic E-state index is 4.86. The first-order valence-electron chi connectivity index (χ1n) is 2.44. The van der Waals surface area contributed by atoms with Gasteiger partial charge in [0.25, 0.3) is 0 Å². The van der Waals surface area contributed by atoms with Gasteiger partial charge >= 0.3 is 0 Å². The van der Waals surface area contributed by atoms with Crippen LogP contribution in [0, 0.1) is 4.64 Å². The Balaban J connectivity index is 3.31. The van der Waals surface area contributed by atoms with Gasteiger partial charge in [0.1, 0.15) is 0 Å². The predicted molar refractivity (Wildman–Crippen MR) is 41.0 cm³/mol. The van der Waals surface area contributed by atoms with Crippen LogP contribution in [0.5, 0.6) is 5.75 Å². The second-order valence-corrected chi connectivity index (χ2v) is 2.33. The highest BCUT2D eigenvalue weighted by atomic mass is 32.1. The summed E-state index contributed by atoms with van der Waals surface area (Å²) < 4.78 is 5.27. The summed E-state index contributed by atoms with van der Waals surface area (Å²) in [7, 11) is 1.50. The summed E-state index contributed by atoms with van der Waals surface area (Å²) in [5, 5.41) is 9.90. The van der Waals surface area contributed by atoms with Crippen LogP contribution in [0.2, 0.25) is 0 Å². The molecule has 0 fully saturated rings. The second kappa shape index (κ2) is 2.98. The van der Waals surface area contributed by atoms with Gasteiger partial charge in [0.15, 0.2) is 15.4 Å². The van der Waals surface area contributed by atoms with Gasteiger partial charge in [0, 0.05) is 0 Å². The summed E-state index contributed by atoms with van der Waals surface area (Å²) in [6, 6.07) is 0. The van der Waals surface area contributed by atoms with Crippen molar-refractivity contribution in [3.8, 4) is 5.75 Å². The van der Waals surface area contributed by atoms with Gasteiger partial charge in [-0.2, -0.15) is 0 Å². The number of H-pyrrole nitrogens is 1. The molecule has 0 spiro atoms. The van der Waals surface area contributed by atoms with Crippen molar-refractivity contribution in [2.45, 2.75) is 5.03 Å². The van der Waals surface area contributed by atoms with E-state index in [0.717, 1.165) is 0 Å². The molecule has 1 aromatic heterocycles. The fourth-order valence-corrected chi connectivity index (χ4v) is 1.04. The van der Waals surface area contributed by atoms with E-state index in [4.69, 9.17) is 17.0 Å².